The third kappa shape index (κ3) is 1.52. The number of hydrazine groups is 1. The highest BCUT2D eigenvalue weighted by Crippen LogP contribution is 1.88. The van der Waals surface area contributed by atoms with Crippen LogP contribution < -0.4 is 11.3 Å². The topological polar surface area (TPSA) is 96.7 Å². The van der Waals surface area contributed by atoms with E-state index in [1.165, 1.54) is 6.20 Å². The number of amides is 1. The van der Waals surface area contributed by atoms with E-state index in [9.17, 15) is 4.79 Å². The Morgan fingerprint density at radius 1 is 1.90 bits per heavy atom. The zero-order chi connectivity index (χ0) is 7.40. The van der Waals surface area contributed by atoms with Gasteiger partial charge in [0.15, 0.2) is 0 Å². The average Bonchev–Trinajstić information content (AvgIpc) is 2.40. The number of H-pyrrole nitrogens is 1. The number of rotatable bonds is 2. The van der Waals surface area contributed by atoms with E-state index < -0.39 is 0 Å². The van der Waals surface area contributed by atoms with Gasteiger partial charge in [0.05, 0.1) is 18.3 Å². The largest absolute Gasteiger partial charge is 0.294 e. The first-order chi connectivity index (χ1) is 4.83. The molecule has 6 heteroatoms. The summed E-state index contributed by atoms with van der Waals surface area (Å²) in [7, 11) is 0. The first-order valence-electron chi connectivity index (χ1n) is 2.67. The van der Waals surface area contributed by atoms with Crippen molar-refractivity contribution < 1.29 is 4.79 Å². The van der Waals surface area contributed by atoms with Gasteiger partial charge in [-0.1, -0.05) is 0 Å². The Morgan fingerprint density at radius 3 is 3.20 bits per heavy atom. The average molecular weight is 141 g/mol. The lowest BCUT2D eigenvalue weighted by Crippen LogP contribution is -2.31. The predicted molar refractivity (Wildman–Crippen MR) is 32.4 cm³/mol. The van der Waals surface area contributed by atoms with Crippen molar-refractivity contribution in [1.82, 2.24) is 20.8 Å². The minimum atomic E-state index is -0.283. The van der Waals surface area contributed by atoms with Crippen LogP contribution in [0.15, 0.2) is 6.20 Å². The Kier molecular flexibility index (Phi) is 1.96. The molecule has 0 radical (unpaired) electrons. The summed E-state index contributed by atoms with van der Waals surface area (Å²) < 4.78 is 0. The smallest absolute Gasteiger partial charge is 0.240 e. The maximum atomic E-state index is 10.6. The van der Waals surface area contributed by atoms with E-state index in [1.54, 1.807) is 0 Å². The van der Waals surface area contributed by atoms with Crippen molar-refractivity contribution >= 4 is 5.91 Å². The molecule has 6 nitrogen and oxygen atoms in total. The summed E-state index contributed by atoms with van der Waals surface area (Å²) in [6.07, 6.45) is 1.63. The predicted octanol–water partition coefficient (Wildman–Crippen LogP) is -1.66. The zero-order valence-corrected chi connectivity index (χ0v) is 5.16. The number of nitrogens with one attached hydrogen (secondary N) is 2. The number of hydrogen-bond acceptors (Lipinski definition) is 4. The lowest BCUT2D eigenvalue weighted by molar-refractivity contribution is -0.120. The Morgan fingerprint density at radius 2 is 2.70 bits per heavy atom. The van der Waals surface area contributed by atoms with Gasteiger partial charge in [-0.3, -0.25) is 10.2 Å². The summed E-state index contributed by atoms with van der Waals surface area (Å²) in [5, 5.41) is 9.54. The van der Waals surface area contributed by atoms with Crippen molar-refractivity contribution in [3.63, 3.8) is 0 Å². The molecule has 0 spiro atoms. The molecule has 1 rings (SSSR count). The molecule has 4 N–H and O–H groups in total. The van der Waals surface area contributed by atoms with Crippen molar-refractivity contribution in [3.05, 3.63) is 11.9 Å². The highest BCUT2D eigenvalue weighted by molar-refractivity contribution is 5.77. The minimum Gasteiger partial charge on any atom is -0.294 e. The molecular formula is C4H7N5O. The van der Waals surface area contributed by atoms with E-state index in [0.717, 1.165) is 0 Å². The van der Waals surface area contributed by atoms with E-state index in [1.807, 2.05) is 5.43 Å². The molecule has 0 bridgehead atoms. The molecule has 54 valence electrons. The van der Waals surface area contributed by atoms with Gasteiger partial charge in [-0.05, 0) is 0 Å². The van der Waals surface area contributed by atoms with E-state index in [4.69, 9.17) is 5.84 Å². The van der Waals surface area contributed by atoms with Crippen molar-refractivity contribution in [2.24, 2.45) is 5.84 Å². The van der Waals surface area contributed by atoms with E-state index in [2.05, 4.69) is 15.4 Å². The summed E-state index contributed by atoms with van der Waals surface area (Å²) >= 11 is 0. The van der Waals surface area contributed by atoms with Crippen LogP contribution in [0.5, 0.6) is 0 Å². The van der Waals surface area contributed by atoms with Gasteiger partial charge in [0, 0.05) is 0 Å². The summed E-state index contributed by atoms with van der Waals surface area (Å²) in [6.45, 7) is 0. The number of carbonyl (C=O) groups excluding carboxylic acids is 1. The van der Waals surface area contributed by atoms with Gasteiger partial charge in [0.25, 0.3) is 0 Å². The Hall–Kier alpha value is -1.43. The molecule has 0 aliphatic heterocycles. The second-order valence-corrected chi connectivity index (χ2v) is 1.71. The maximum Gasteiger partial charge on any atom is 0.240 e. The van der Waals surface area contributed by atoms with E-state index in [-0.39, 0.29) is 12.3 Å². The first-order valence-corrected chi connectivity index (χ1v) is 2.67. The van der Waals surface area contributed by atoms with Crippen LogP contribution in [0.1, 0.15) is 5.69 Å². The van der Waals surface area contributed by atoms with Gasteiger partial charge in [0.2, 0.25) is 5.91 Å². The standard InChI is InChI=1S/C4H7N5O/c5-7-4(10)1-3-2-6-9-8-3/h2H,1,5H2,(H,7,10)(H,6,8,9). The summed E-state index contributed by atoms with van der Waals surface area (Å²) in [5.41, 5.74) is 2.55. The number of aromatic amines is 1. The highest BCUT2D eigenvalue weighted by atomic mass is 16.2. The van der Waals surface area contributed by atoms with Gasteiger partial charge in [-0.2, -0.15) is 15.4 Å². The summed E-state index contributed by atoms with van der Waals surface area (Å²) in [5.74, 6) is 4.55. The number of aromatic nitrogens is 3. The van der Waals surface area contributed by atoms with Gasteiger partial charge < -0.3 is 0 Å². The fourth-order valence-electron chi connectivity index (χ4n) is 0.526. The molecule has 0 atom stereocenters. The second kappa shape index (κ2) is 2.92. The van der Waals surface area contributed by atoms with Gasteiger partial charge in [-0.25, -0.2) is 5.84 Å². The monoisotopic (exact) mass is 141 g/mol. The number of carbonyl (C=O) groups is 1. The van der Waals surface area contributed by atoms with Crippen LogP contribution in [0, 0.1) is 0 Å². The number of nitrogens with zero attached hydrogens (tertiary/aromatic N) is 2. The minimum absolute atomic E-state index is 0.160. The SMILES string of the molecule is NNC(=O)Cc1cn[nH]n1. The third-order valence-corrected chi connectivity index (χ3v) is 0.968. The van der Waals surface area contributed by atoms with Crippen LogP contribution in [0.4, 0.5) is 0 Å². The number of nitrogens with two attached hydrogens (primary N) is 1. The van der Waals surface area contributed by atoms with Crippen molar-refractivity contribution in [2.45, 2.75) is 6.42 Å². The fourth-order valence-corrected chi connectivity index (χ4v) is 0.526. The molecule has 10 heavy (non-hydrogen) atoms. The molecule has 0 aliphatic carbocycles. The van der Waals surface area contributed by atoms with Crippen molar-refractivity contribution in [2.75, 3.05) is 0 Å². The normalized spacial score (nSPS) is 9.30. The molecule has 1 aromatic heterocycles. The van der Waals surface area contributed by atoms with Crippen LogP contribution in [0.25, 0.3) is 0 Å². The Bertz CT molecular complexity index is 205. The molecular weight excluding hydrogens is 134 g/mol. The molecule has 0 aliphatic rings. The Balaban J connectivity index is 2.48. The molecule has 1 aromatic rings. The molecule has 0 saturated carbocycles. The van der Waals surface area contributed by atoms with Crippen LogP contribution in [0.2, 0.25) is 0 Å². The lowest BCUT2D eigenvalue weighted by Gasteiger charge is -1.92. The lowest BCUT2D eigenvalue weighted by atomic mass is 10.3. The quantitative estimate of drug-likeness (QED) is 0.261. The third-order valence-electron chi connectivity index (χ3n) is 0.968. The number of hydrogen-bond donors (Lipinski definition) is 3. The van der Waals surface area contributed by atoms with Gasteiger partial charge in [-0.15, -0.1) is 0 Å². The highest BCUT2D eigenvalue weighted by Gasteiger charge is 2.01. The van der Waals surface area contributed by atoms with Crippen LogP contribution in [0.3, 0.4) is 0 Å². The van der Waals surface area contributed by atoms with Gasteiger partial charge >= 0.3 is 0 Å². The van der Waals surface area contributed by atoms with Gasteiger partial charge in [0.1, 0.15) is 0 Å². The van der Waals surface area contributed by atoms with E-state index in [0.29, 0.717) is 5.69 Å². The maximum absolute atomic E-state index is 10.6. The van der Waals surface area contributed by atoms with Crippen molar-refractivity contribution in [1.29, 1.82) is 0 Å². The van der Waals surface area contributed by atoms with Crippen molar-refractivity contribution in [3.8, 4) is 0 Å². The van der Waals surface area contributed by atoms with Crippen LogP contribution >= 0.6 is 0 Å². The molecule has 0 saturated heterocycles. The molecule has 1 amide bonds. The fraction of sp³-hybridized carbons (Fsp3) is 0.250. The molecule has 1 heterocycles. The Labute approximate surface area is 56.8 Å². The van der Waals surface area contributed by atoms with E-state index >= 15 is 0 Å². The molecule has 0 aromatic carbocycles. The molecule has 0 unspecified atom stereocenters. The second-order valence-electron chi connectivity index (χ2n) is 1.71. The summed E-state index contributed by atoms with van der Waals surface area (Å²) in [4.78, 5) is 10.6. The van der Waals surface area contributed by atoms with Crippen LogP contribution in [-0.2, 0) is 11.2 Å². The zero-order valence-electron chi connectivity index (χ0n) is 5.16. The first kappa shape index (κ1) is 6.69. The summed E-state index contributed by atoms with van der Waals surface area (Å²) in [6, 6.07) is 0. The molecule has 0 fully saturated rings. The van der Waals surface area contributed by atoms with Crippen LogP contribution in [-0.4, -0.2) is 21.3 Å².